The minimum atomic E-state index is -0.238. The first-order chi connectivity index (χ1) is 12.5. The van der Waals surface area contributed by atoms with Gasteiger partial charge in [0.25, 0.3) is 0 Å². The van der Waals surface area contributed by atoms with Gasteiger partial charge in [0.15, 0.2) is 5.16 Å². The Kier molecular flexibility index (Phi) is 6.11. The Morgan fingerprint density at radius 1 is 1.27 bits per heavy atom. The number of aryl methyl sites for hydroxylation is 1. The molecule has 1 atom stereocenters. The van der Waals surface area contributed by atoms with Crippen LogP contribution in [0.2, 0.25) is 0 Å². The summed E-state index contributed by atoms with van der Waals surface area (Å²) in [4.78, 5) is 13.6. The topological polar surface area (TPSA) is 59.8 Å². The second kappa shape index (κ2) is 8.51. The largest absolute Gasteiger partial charge is 0.351 e. The van der Waals surface area contributed by atoms with Gasteiger partial charge >= 0.3 is 0 Å². The summed E-state index contributed by atoms with van der Waals surface area (Å²) < 4.78 is 1.97. The van der Waals surface area contributed by atoms with Gasteiger partial charge in [-0.3, -0.25) is 4.79 Å². The molecule has 0 unspecified atom stereocenters. The highest BCUT2D eigenvalue weighted by atomic mass is 32.2. The Morgan fingerprint density at radius 2 is 2.04 bits per heavy atom. The number of nitrogens with one attached hydrogen (secondary N) is 1. The van der Waals surface area contributed by atoms with E-state index in [1.54, 1.807) is 11.3 Å². The molecule has 5 nitrogen and oxygen atoms in total. The van der Waals surface area contributed by atoms with Crippen molar-refractivity contribution in [3.05, 3.63) is 63.6 Å². The molecule has 136 valence electrons. The maximum Gasteiger partial charge on any atom is 0.233 e. The van der Waals surface area contributed by atoms with E-state index < -0.39 is 0 Å². The van der Waals surface area contributed by atoms with Crippen molar-refractivity contribution >= 4 is 29.0 Å². The zero-order chi connectivity index (χ0) is 18.5. The van der Waals surface area contributed by atoms with E-state index in [-0.39, 0.29) is 11.2 Å². The van der Waals surface area contributed by atoms with Crippen LogP contribution in [0.25, 0.3) is 0 Å². The monoisotopic (exact) mass is 386 g/mol. The molecule has 2 heterocycles. The van der Waals surface area contributed by atoms with E-state index in [9.17, 15) is 4.79 Å². The predicted molar refractivity (Wildman–Crippen MR) is 106 cm³/mol. The molecule has 0 bridgehead atoms. The van der Waals surface area contributed by atoms with E-state index in [0.29, 0.717) is 6.54 Å². The van der Waals surface area contributed by atoms with Gasteiger partial charge in [0.1, 0.15) is 5.82 Å². The van der Waals surface area contributed by atoms with E-state index in [2.05, 4.69) is 33.9 Å². The fourth-order valence-corrected chi connectivity index (χ4v) is 3.98. The molecule has 0 aliphatic rings. The first-order valence-electron chi connectivity index (χ1n) is 8.43. The number of nitrogens with zero attached hydrogens (tertiary/aromatic N) is 3. The first-order valence-corrected chi connectivity index (χ1v) is 10.2. The van der Waals surface area contributed by atoms with Crippen LogP contribution in [0, 0.1) is 6.92 Å². The number of hydrogen-bond acceptors (Lipinski definition) is 5. The van der Waals surface area contributed by atoms with Gasteiger partial charge in [-0.15, -0.1) is 21.5 Å². The molecule has 0 radical (unpaired) electrons. The Balaban J connectivity index is 1.55. The standard InChI is InChI=1S/C19H22N4OS2/c1-13-6-8-15(9-7-13)12-20-18(24)14(2)26-19-22-21-17(23(19)3)11-16-5-4-10-25-16/h4-10,14H,11-12H2,1-3H3,(H,20,24)/t14-/m1/s1. The maximum atomic E-state index is 12.4. The third kappa shape index (κ3) is 4.74. The van der Waals surface area contributed by atoms with Gasteiger partial charge in [0.2, 0.25) is 5.91 Å². The van der Waals surface area contributed by atoms with Crippen molar-refractivity contribution in [3.63, 3.8) is 0 Å². The van der Waals surface area contributed by atoms with Crippen LogP contribution in [0.1, 0.15) is 28.8 Å². The quantitative estimate of drug-likeness (QED) is 0.631. The summed E-state index contributed by atoms with van der Waals surface area (Å²) in [6, 6.07) is 12.3. The number of thiophene rings is 1. The number of carbonyl (C=O) groups excluding carboxylic acids is 1. The molecule has 7 heteroatoms. The van der Waals surface area contributed by atoms with Crippen molar-refractivity contribution < 1.29 is 4.79 Å². The minimum Gasteiger partial charge on any atom is -0.351 e. The number of aromatic nitrogens is 3. The Bertz CT molecular complexity index is 856. The van der Waals surface area contributed by atoms with E-state index in [1.165, 1.54) is 22.2 Å². The SMILES string of the molecule is Cc1ccc(CNC(=O)[C@@H](C)Sc2nnc(Cc3cccs3)n2C)cc1. The van der Waals surface area contributed by atoms with Gasteiger partial charge in [-0.2, -0.15) is 0 Å². The Labute approximate surface area is 161 Å². The molecule has 2 aromatic heterocycles. The zero-order valence-electron chi connectivity index (χ0n) is 15.1. The molecule has 1 amide bonds. The van der Waals surface area contributed by atoms with Crippen LogP contribution in [0.3, 0.4) is 0 Å². The number of hydrogen-bond donors (Lipinski definition) is 1. The number of carbonyl (C=O) groups is 1. The second-order valence-electron chi connectivity index (χ2n) is 6.18. The summed E-state index contributed by atoms with van der Waals surface area (Å²) >= 11 is 3.14. The minimum absolute atomic E-state index is 0.00150. The predicted octanol–water partition coefficient (Wildman–Crippen LogP) is 3.57. The molecule has 3 aromatic rings. The van der Waals surface area contributed by atoms with Crippen LogP contribution in [-0.4, -0.2) is 25.9 Å². The average molecular weight is 387 g/mol. The number of amides is 1. The van der Waals surface area contributed by atoms with E-state index in [0.717, 1.165) is 23.0 Å². The molecule has 26 heavy (non-hydrogen) atoms. The third-order valence-corrected chi connectivity index (χ3v) is 6.09. The molecule has 0 aliphatic heterocycles. The number of benzene rings is 1. The summed E-state index contributed by atoms with van der Waals surface area (Å²) in [5.41, 5.74) is 2.31. The summed E-state index contributed by atoms with van der Waals surface area (Å²) in [5.74, 6) is 0.903. The highest BCUT2D eigenvalue weighted by Gasteiger charge is 2.18. The molecule has 1 N–H and O–H groups in total. The molecule has 0 saturated heterocycles. The second-order valence-corrected chi connectivity index (χ2v) is 8.52. The molecule has 1 aromatic carbocycles. The molecule has 3 rings (SSSR count). The van der Waals surface area contributed by atoms with Gasteiger partial charge in [0.05, 0.1) is 5.25 Å². The lowest BCUT2D eigenvalue weighted by molar-refractivity contribution is -0.120. The first kappa shape index (κ1) is 18.7. The van der Waals surface area contributed by atoms with Gasteiger partial charge in [0, 0.05) is 24.9 Å². The molecule has 0 spiro atoms. The summed E-state index contributed by atoms with van der Waals surface area (Å²) in [5, 5.41) is 14.1. The van der Waals surface area contributed by atoms with Crippen LogP contribution < -0.4 is 5.32 Å². The Hall–Kier alpha value is -2.12. The number of rotatable bonds is 7. The van der Waals surface area contributed by atoms with Crippen LogP contribution in [0.4, 0.5) is 0 Å². The van der Waals surface area contributed by atoms with Crippen LogP contribution in [0.5, 0.6) is 0 Å². The van der Waals surface area contributed by atoms with E-state index >= 15 is 0 Å². The average Bonchev–Trinajstić information content (AvgIpc) is 3.26. The fraction of sp³-hybridized carbons (Fsp3) is 0.316. The van der Waals surface area contributed by atoms with Gasteiger partial charge < -0.3 is 9.88 Å². The lowest BCUT2D eigenvalue weighted by Crippen LogP contribution is -2.30. The fourth-order valence-electron chi connectivity index (χ4n) is 2.42. The van der Waals surface area contributed by atoms with Gasteiger partial charge in [-0.05, 0) is 30.9 Å². The van der Waals surface area contributed by atoms with Crippen molar-refractivity contribution in [1.82, 2.24) is 20.1 Å². The van der Waals surface area contributed by atoms with Crippen molar-refractivity contribution in [2.24, 2.45) is 7.05 Å². The molecule has 0 aliphatic carbocycles. The van der Waals surface area contributed by atoms with E-state index in [4.69, 9.17) is 0 Å². The van der Waals surface area contributed by atoms with E-state index in [1.807, 2.05) is 48.9 Å². The van der Waals surface area contributed by atoms with Crippen molar-refractivity contribution in [2.45, 2.75) is 37.2 Å². The highest BCUT2D eigenvalue weighted by molar-refractivity contribution is 8.00. The third-order valence-electron chi connectivity index (χ3n) is 4.08. The van der Waals surface area contributed by atoms with Crippen LogP contribution in [-0.2, 0) is 24.8 Å². The van der Waals surface area contributed by atoms with Crippen LogP contribution in [0.15, 0.2) is 46.9 Å². The molecule has 0 saturated carbocycles. The van der Waals surface area contributed by atoms with Crippen molar-refractivity contribution in [1.29, 1.82) is 0 Å². The summed E-state index contributed by atoms with van der Waals surface area (Å²) in [7, 11) is 1.95. The van der Waals surface area contributed by atoms with Crippen LogP contribution >= 0.6 is 23.1 Å². The smallest absolute Gasteiger partial charge is 0.233 e. The lowest BCUT2D eigenvalue weighted by Gasteiger charge is -2.12. The van der Waals surface area contributed by atoms with Crippen molar-refractivity contribution in [3.8, 4) is 0 Å². The number of thioether (sulfide) groups is 1. The van der Waals surface area contributed by atoms with Crippen molar-refractivity contribution in [2.75, 3.05) is 0 Å². The zero-order valence-corrected chi connectivity index (χ0v) is 16.7. The lowest BCUT2D eigenvalue weighted by atomic mass is 10.1. The highest BCUT2D eigenvalue weighted by Crippen LogP contribution is 2.23. The van der Waals surface area contributed by atoms with Gasteiger partial charge in [-0.1, -0.05) is 47.7 Å². The Morgan fingerprint density at radius 3 is 2.73 bits per heavy atom. The molecular formula is C19H22N4OS2. The summed E-state index contributed by atoms with van der Waals surface area (Å²) in [6.45, 7) is 4.48. The molecular weight excluding hydrogens is 364 g/mol. The molecule has 0 fully saturated rings. The maximum absolute atomic E-state index is 12.4. The normalized spacial score (nSPS) is 12.1. The van der Waals surface area contributed by atoms with Gasteiger partial charge in [-0.25, -0.2) is 0 Å². The summed E-state index contributed by atoms with van der Waals surface area (Å²) in [6.07, 6.45) is 0.760.